The van der Waals surface area contributed by atoms with Gasteiger partial charge >= 0.3 is 0 Å². The molecule has 35 heavy (non-hydrogen) atoms. The van der Waals surface area contributed by atoms with Crippen LogP contribution < -0.4 is 10.6 Å². The van der Waals surface area contributed by atoms with Gasteiger partial charge in [-0.3, -0.25) is 14.4 Å². The normalized spacial score (nSPS) is 16.7. The zero-order chi connectivity index (χ0) is 24.9. The van der Waals surface area contributed by atoms with E-state index in [1.165, 1.54) is 13.2 Å². The lowest BCUT2D eigenvalue weighted by atomic mass is 9.95. The first-order valence-corrected chi connectivity index (χ1v) is 11.7. The summed E-state index contributed by atoms with van der Waals surface area (Å²) in [5, 5.41) is 9.64. The fraction of sp³-hybridized carbons (Fsp3) is 0.400. The Bertz CT molecular complexity index is 1170. The summed E-state index contributed by atoms with van der Waals surface area (Å²) in [6.45, 7) is 6.28. The smallest absolute Gasteiger partial charge is 0.287 e. The maximum Gasteiger partial charge on any atom is 0.287 e. The minimum Gasteiger partial charge on any atom is -0.459 e. The molecule has 184 valence electrons. The van der Waals surface area contributed by atoms with Gasteiger partial charge < -0.3 is 24.5 Å². The first-order chi connectivity index (χ1) is 16.8. The molecule has 3 amide bonds. The molecule has 0 bridgehead atoms. The zero-order valence-electron chi connectivity index (χ0n) is 20.0. The van der Waals surface area contributed by atoms with Gasteiger partial charge in [0.1, 0.15) is 6.04 Å². The Hall–Kier alpha value is -3.95. The third-order valence-corrected chi connectivity index (χ3v) is 5.95. The molecular weight excluding hydrogens is 450 g/mol. The fourth-order valence-electron chi connectivity index (χ4n) is 4.13. The van der Waals surface area contributed by atoms with Crippen molar-refractivity contribution < 1.29 is 23.3 Å². The largest absolute Gasteiger partial charge is 0.459 e. The predicted octanol–water partition coefficient (Wildman–Crippen LogP) is 3.45. The predicted molar refractivity (Wildman–Crippen MR) is 127 cm³/mol. The van der Waals surface area contributed by atoms with Crippen molar-refractivity contribution in [2.24, 2.45) is 5.92 Å². The van der Waals surface area contributed by atoms with Gasteiger partial charge in [0.2, 0.25) is 23.5 Å². The highest BCUT2D eigenvalue weighted by atomic mass is 16.5. The second-order valence-corrected chi connectivity index (χ2v) is 9.01. The molecule has 1 aliphatic rings. The van der Waals surface area contributed by atoms with E-state index in [9.17, 15) is 14.4 Å². The lowest BCUT2D eigenvalue weighted by molar-refractivity contribution is -0.135. The molecular formula is C25H29N5O5. The topological polar surface area (TPSA) is 131 Å². The molecule has 0 aliphatic carbocycles. The van der Waals surface area contributed by atoms with Gasteiger partial charge in [-0.05, 0) is 55.2 Å². The van der Waals surface area contributed by atoms with Crippen LogP contribution in [0.2, 0.25) is 0 Å². The molecule has 1 saturated heterocycles. The summed E-state index contributed by atoms with van der Waals surface area (Å²) in [5.41, 5.74) is 1.45. The van der Waals surface area contributed by atoms with Crippen LogP contribution in [0.4, 0.5) is 5.69 Å². The first-order valence-electron chi connectivity index (χ1n) is 11.7. The van der Waals surface area contributed by atoms with Gasteiger partial charge in [0.25, 0.3) is 5.91 Å². The number of hydrogen-bond donors (Lipinski definition) is 2. The molecule has 0 radical (unpaired) electrons. The molecule has 3 heterocycles. The number of rotatable bonds is 7. The molecule has 4 rings (SSSR count). The van der Waals surface area contributed by atoms with Crippen molar-refractivity contribution in [2.75, 3.05) is 18.4 Å². The van der Waals surface area contributed by atoms with Crippen LogP contribution in [0.15, 0.2) is 51.6 Å². The molecule has 2 N–H and O–H groups in total. The molecule has 2 atom stereocenters. The van der Waals surface area contributed by atoms with Crippen LogP contribution in [0, 0.1) is 5.92 Å². The summed E-state index contributed by atoms with van der Waals surface area (Å²) < 4.78 is 10.7. The number of anilines is 1. The first kappa shape index (κ1) is 24.2. The molecule has 3 aromatic rings. The summed E-state index contributed by atoms with van der Waals surface area (Å²) in [5.74, 6) is 0.200. The summed E-state index contributed by atoms with van der Waals surface area (Å²) in [6.07, 6.45) is 3.03. The molecule has 0 unspecified atom stereocenters. The van der Waals surface area contributed by atoms with Gasteiger partial charge in [-0.25, -0.2) is 0 Å². The Morgan fingerprint density at radius 2 is 1.91 bits per heavy atom. The molecule has 10 heteroatoms. The average Bonchev–Trinajstić information content (AvgIpc) is 3.55. The van der Waals surface area contributed by atoms with Crippen molar-refractivity contribution >= 4 is 23.4 Å². The van der Waals surface area contributed by atoms with Crippen LogP contribution in [0.1, 0.15) is 56.0 Å². The van der Waals surface area contributed by atoms with Crippen LogP contribution in [0.25, 0.3) is 11.4 Å². The van der Waals surface area contributed by atoms with Crippen molar-refractivity contribution in [3.63, 3.8) is 0 Å². The van der Waals surface area contributed by atoms with Gasteiger partial charge in [0.15, 0.2) is 5.76 Å². The van der Waals surface area contributed by atoms with Crippen molar-refractivity contribution in [3.8, 4) is 11.4 Å². The summed E-state index contributed by atoms with van der Waals surface area (Å²) in [6, 6.07) is 9.69. The SMILES string of the molecule is CC(=O)Nc1ccc(-c2noc([C@H]3CCCN(C(=O)[C@H](NC(=O)c4ccco4)C(C)C)C3)n2)cc1. The van der Waals surface area contributed by atoms with Gasteiger partial charge in [0, 0.05) is 31.3 Å². The standard InChI is InChI=1S/C25H29N5O5/c1-15(2)21(27-23(32)20-7-5-13-34-20)25(33)30-12-4-6-18(14-30)24-28-22(29-35-24)17-8-10-19(11-9-17)26-16(3)31/h5,7-11,13,15,18,21H,4,6,12,14H2,1-3H3,(H,26,31)(H,27,32)/t18-,21+/m0/s1. The highest BCUT2D eigenvalue weighted by Gasteiger charge is 2.34. The molecule has 0 saturated carbocycles. The highest BCUT2D eigenvalue weighted by Crippen LogP contribution is 2.28. The van der Waals surface area contributed by atoms with E-state index in [-0.39, 0.29) is 29.4 Å². The van der Waals surface area contributed by atoms with E-state index >= 15 is 0 Å². The Morgan fingerprint density at radius 3 is 2.57 bits per heavy atom. The van der Waals surface area contributed by atoms with E-state index in [0.29, 0.717) is 30.5 Å². The second kappa shape index (κ2) is 10.5. The second-order valence-electron chi connectivity index (χ2n) is 9.01. The highest BCUT2D eigenvalue weighted by molar-refractivity contribution is 5.95. The quantitative estimate of drug-likeness (QED) is 0.531. The van der Waals surface area contributed by atoms with Crippen LogP contribution in [-0.4, -0.2) is 51.9 Å². The van der Waals surface area contributed by atoms with Crippen LogP contribution in [-0.2, 0) is 9.59 Å². The Kier molecular flexibility index (Phi) is 7.28. The minimum atomic E-state index is -0.674. The van der Waals surface area contributed by atoms with E-state index in [1.807, 2.05) is 26.0 Å². The van der Waals surface area contributed by atoms with E-state index < -0.39 is 11.9 Å². The van der Waals surface area contributed by atoms with Crippen LogP contribution >= 0.6 is 0 Å². The maximum absolute atomic E-state index is 13.3. The number of amides is 3. The Balaban J connectivity index is 1.43. The van der Waals surface area contributed by atoms with Gasteiger partial charge in [-0.2, -0.15) is 4.98 Å². The summed E-state index contributed by atoms with van der Waals surface area (Å²) in [7, 11) is 0. The third-order valence-electron chi connectivity index (χ3n) is 5.95. The zero-order valence-corrected chi connectivity index (χ0v) is 20.0. The van der Waals surface area contributed by atoms with Crippen molar-refractivity contribution in [1.82, 2.24) is 20.4 Å². The number of nitrogens with one attached hydrogen (secondary N) is 2. The van der Waals surface area contributed by atoms with E-state index in [0.717, 1.165) is 18.4 Å². The maximum atomic E-state index is 13.3. The summed E-state index contributed by atoms with van der Waals surface area (Å²) >= 11 is 0. The lowest BCUT2D eigenvalue weighted by Gasteiger charge is -2.34. The van der Waals surface area contributed by atoms with Gasteiger partial charge in [-0.1, -0.05) is 19.0 Å². The number of likely N-dealkylation sites (tertiary alicyclic amines) is 1. The number of carbonyl (C=O) groups is 3. The third kappa shape index (κ3) is 5.76. The number of hydrogen-bond acceptors (Lipinski definition) is 7. The van der Waals surface area contributed by atoms with E-state index in [4.69, 9.17) is 8.94 Å². The average molecular weight is 480 g/mol. The van der Waals surface area contributed by atoms with Gasteiger partial charge in [-0.15, -0.1) is 0 Å². The minimum absolute atomic E-state index is 0.0961. The molecule has 1 aromatic carbocycles. The monoisotopic (exact) mass is 479 g/mol. The molecule has 1 aliphatic heterocycles. The lowest BCUT2D eigenvalue weighted by Crippen LogP contribution is -2.53. The number of piperidine rings is 1. The molecule has 1 fully saturated rings. The van der Waals surface area contributed by atoms with Crippen molar-refractivity contribution in [3.05, 3.63) is 54.3 Å². The molecule has 2 aromatic heterocycles. The Labute approximate surface area is 203 Å². The number of furan rings is 1. The van der Waals surface area contributed by atoms with E-state index in [1.54, 1.807) is 29.2 Å². The van der Waals surface area contributed by atoms with Crippen molar-refractivity contribution in [2.45, 2.75) is 45.6 Å². The number of carbonyl (C=O) groups excluding carboxylic acids is 3. The molecule has 10 nitrogen and oxygen atoms in total. The fourth-order valence-corrected chi connectivity index (χ4v) is 4.13. The number of benzene rings is 1. The van der Waals surface area contributed by atoms with E-state index in [2.05, 4.69) is 20.8 Å². The Morgan fingerprint density at radius 1 is 1.14 bits per heavy atom. The van der Waals surface area contributed by atoms with Crippen LogP contribution in [0.5, 0.6) is 0 Å². The van der Waals surface area contributed by atoms with Gasteiger partial charge in [0.05, 0.1) is 12.2 Å². The molecule has 0 spiro atoms. The van der Waals surface area contributed by atoms with Crippen molar-refractivity contribution in [1.29, 1.82) is 0 Å². The number of aromatic nitrogens is 2. The number of nitrogens with zero attached hydrogens (tertiary/aromatic N) is 3. The summed E-state index contributed by atoms with van der Waals surface area (Å²) in [4.78, 5) is 43.3. The van der Waals surface area contributed by atoms with Crippen LogP contribution in [0.3, 0.4) is 0 Å².